The molecule has 0 spiro atoms. The molecule has 0 radical (unpaired) electrons. The third-order valence-corrected chi connectivity index (χ3v) is 4.04. The Balaban J connectivity index is 1.91. The first-order chi connectivity index (χ1) is 10.2. The molecule has 1 aromatic carbocycles. The maximum atomic E-state index is 11.2. The number of rotatable bonds is 9. The molecule has 0 aliphatic heterocycles. The fourth-order valence-corrected chi connectivity index (χ4v) is 2.79. The zero-order chi connectivity index (χ0) is 15.1. The van der Waals surface area contributed by atoms with Gasteiger partial charge in [0.25, 0.3) is 0 Å². The van der Waals surface area contributed by atoms with Crippen molar-refractivity contribution in [3.05, 3.63) is 34.3 Å². The second-order valence-electron chi connectivity index (χ2n) is 5.67. The number of oxazole rings is 1. The first-order valence-electron chi connectivity index (χ1n) is 8.04. The second-order valence-corrected chi connectivity index (χ2v) is 5.67. The third kappa shape index (κ3) is 4.46. The van der Waals surface area contributed by atoms with E-state index in [0.717, 1.165) is 11.9 Å². The van der Waals surface area contributed by atoms with Crippen molar-refractivity contribution in [1.82, 2.24) is 10.3 Å². The summed E-state index contributed by atoms with van der Waals surface area (Å²) in [6.07, 6.45) is 8.95. The van der Waals surface area contributed by atoms with Crippen LogP contribution in [0.2, 0.25) is 0 Å². The van der Waals surface area contributed by atoms with Gasteiger partial charge in [-0.2, -0.15) is 0 Å². The smallest absolute Gasteiger partial charge is 0.408 e. The Labute approximate surface area is 125 Å². The molecule has 0 aliphatic carbocycles. The molecule has 0 fully saturated rings. The standard InChI is InChI=1S/C17H26N2O2/c1-3-4-5-6-7-8-9-14(18-2)13-10-11-15-16(12-13)21-17(20)19-15/h10-12,14,18H,3-9H2,1-2H3,(H,19,20). The van der Waals surface area contributed by atoms with Gasteiger partial charge in [0, 0.05) is 6.04 Å². The largest absolute Gasteiger partial charge is 0.417 e. The van der Waals surface area contributed by atoms with Gasteiger partial charge in [0.2, 0.25) is 0 Å². The summed E-state index contributed by atoms with van der Waals surface area (Å²) in [5, 5.41) is 3.36. The molecule has 0 aliphatic rings. The van der Waals surface area contributed by atoms with Gasteiger partial charge >= 0.3 is 5.76 Å². The van der Waals surface area contributed by atoms with Crippen molar-refractivity contribution >= 4 is 11.1 Å². The molecule has 2 rings (SSSR count). The molecule has 0 amide bonds. The molecule has 21 heavy (non-hydrogen) atoms. The molecule has 1 aromatic heterocycles. The first kappa shape index (κ1) is 15.8. The van der Waals surface area contributed by atoms with Gasteiger partial charge in [0.15, 0.2) is 5.58 Å². The lowest BCUT2D eigenvalue weighted by atomic mass is 9.99. The van der Waals surface area contributed by atoms with E-state index in [1.165, 1.54) is 44.1 Å². The lowest BCUT2D eigenvalue weighted by molar-refractivity contribution is 0.497. The van der Waals surface area contributed by atoms with E-state index in [-0.39, 0.29) is 5.76 Å². The second kappa shape index (κ2) is 8.03. The highest BCUT2D eigenvalue weighted by Crippen LogP contribution is 2.23. The van der Waals surface area contributed by atoms with Gasteiger partial charge in [0.05, 0.1) is 5.52 Å². The summed E-state index contributed by atoms with van der Waals surface area (Å²) in [7, 11) is 1.99. The van der Waals surface area contributed by atoms with E-state index >= 15 is 0 Å². The topological polar surface area (TPSA) is 58.0 Å². The van der Waals surface area contributed by atoms with Crippen LogP contribution >= 0.6 is 0 Å². The van der Waals surface area contributed by atoms with Crippen LogP contribution in [0.1, 0.15) is 63.5 Å². The summed E-state index contributed by atoms with van der Waals surface area (Å²) in [5.41, 5.74) is 2.58. The maximum Gasteiger partial charge on any atom is 0.417 e. The minimum Gasteiger partial charge on any atom is -0.408 e. The SMILES string of the molecule is CCCCCCCCC(NC)c1ccc2[nH]c(=O)oc2c1. The number of unbranched alkanes of at least 4 members (excludes halogenated alkanes) is 5. The monoisotopic (exact) mass is 290 g/mol. The van der Waals surface area contributed by atoms with Crippen LogP contribution in [-0.4, -0.2) is 12.0 Å². The normalized spacial score (nSPS) is 12.9. The fraction of sp³-hybridized carbons (Fsp3) is 0.588. The van der Waals surface area contributed by atoms with E-state index in [9.17, 15) is 4.79 Å². The Morgan fingerprint density at radius 3 is 2.71 bits per heavy atom. The van der Waals surface area contributed by atoms with E-state index in [2.05, 4.69) is 23.3 Å². The van der Waals surface area contributed by atoms with E-state index in [4.69, 9.17) is 4.42 Å². The molecule has 4 nitrogen and oxygen atoms in total. The molecule has 1 heterocycles. The number of aromatic nitrogens is 1. The Kier molecular flexibility index (Phi) is 6.05. The summed E-state index contributed by atoms with van der Waals surface area (Å²) in [5.74, 6) is -0.390. The maximum absolute atomic E-state index is 11.2. The van der Waals surface area contributed by atoms with E-state index in [1.807, 2.05) is 19.2 Å². The van der Waals surface area contributed by atoms with Gasteiger partial charge < -0.3 is 9.73 Å². The number of hydrogen-bond acceptors (Lipinski definition) is 3. The molecular formula is C17H26N2O2. The zero-order valence-electron chi connectivity index (χ0n) is 13.1. The quantitative estimate of drug-likeness (QED) is 0.683. The number of hydrogen-bond donors (Lipinski definition) is 2. The van der Waals surface area contributed by atoms with Crippen molar-refractivity contribution in [3.63, 3.8) is 0 Å². The molecule has 1 atom stereocenters. The van der Waals surface area contributed by atoms with Crippen molar-refractivity contribution < 1.29 is 4.42 Å². The summed E-state index contributed by atoms with van der Waals surface area (Å²) >= 11 is 0. The van der Waals surface area contributed by atoms with Gasteiger partial charge in [-0.3, -0.25) is 4.98 Å². The van der Waals surface area contributed by atoms with Crippen molar-refractivity contribution in [2.75, 3.05) is 7.05 Å². The van der Waals surface area contributed by atoms with E-state index in [0.29, 0.717) is 11.6 Å². The Hall–Kier alpha value is -1.55. The average molecular weight is 290 g/mol. The van der Waals surface area contributed by atoms with Gasteiger partial charge in [-0.1, -0.05) is 51.5 Å². The lowest BCUT2D eigenvalue weighted by Gasteiger charge is -2.16. The lowest BCUT2D eigenvalue weighted by Crippen LogP contribution is -2.16. The molecule has 0 saturated carbocycles. The van der Waals surface area contributed by atoms with Gasteiger partial charge in [0.1, 0.15) is 0 Å². The number of aromatic amines is 1. The number of benzene rings is 1. The summed E-state index contributed by atoms with van der Waals surface area (Å²) in [6.45, 7) is 2.24. The highest BCUT2D eigenvalue weighted by molar-refractivity contribution is 5.72. The molecule has 0 bridgehead atoms. The minimum atomic E-state index is -0.390. The van der Waals surface area contributed by atoms with Crippen molar-refractivity contribution in [2.45, 2.75) is 57.9 Å². The Bertz CT molecular complexity index is 600. The van der Waals surface area contributed by atoms with Crippen LogP contribution in [0.15, 0.2) is 27.4 Å². The fourth-order valence-electron chi connectivity index (χ4n) is 2.79. The third-order valence-electron chi connectivity index (χ3n) is 4.04. The number of nitrogens with one attached hydrogen (secondary N) is 2. The summed E-state index contributed by atoms with van der Waals surface area (Å²) in [6, 6.07) is 6.26. The van der Waals surface area contributed by atoms with Crippen LogP contribution in [0.4, 0.5) is 0 Å². The molecule has 2 N–H and O–H groups in total. The van der Waals surface area contributed by atoms with Crippen molar-refractivity contribution in [1.29, 1.82) is 0 Å². The number of fused-ring (bicyclic) bond motifs is 1. The molecule has 2 aromatic rings. The predicted octanol–water partition coefficient (Wildman–Crippen LogP) is 4.13. The highest BCUT2D eigenvalue weighted by atomic mass is 16.4. The number of H-pyrrole nitrogens is 1. The van der Waals surface area contributed by atoms with Crippen LogP contribution < -0.4 is 11.1 Å². The van der Waals surface area contributed by atoms with Gasteiger partial charge in [-0.15, -0.1) is 0 Å². The van der Waals surface area contributed by atoms with Crippen LogP contribution in [0, 0.1) is 0 Å². The van der Waals surface area contributed by atoms with Crippen LogP contribution in [-0.2, 0) is 0 Å². The van der Waals surface area contributed by atoms with Gasteiger partial charge in [-0.05, 0) is 31.2 Å². The predicted molar refractivity (Wildman–Crippen MR) is 86.6 cm³/mol. The molecule has 1 unspecified atom stereocenters. The van der Waals surface area contributed by atoms with Crippen molar-refractivity contribution in [2.24, 2.45) is 0 Å². The molecular weight excluding hydrogens is 264 g/mol. The highest BCUT2D eigenvalue weighted by Gasteiger charge is 2.11. The minimum absolute atomic E-state index is 0.320. The average Bonchev–Trinajstić information content (AvgIpc) is 2.85. The van der Waals surface area contributed by atoms with Crippen LogP contribution in [0.25, 0.3) is 11.1 Å². The van der Waals surface area contributed by atoms with Crippen LogP contribution in [0.5, 0.6) is 0 Å². The summed E-state index contributed by atoms with van der Waals surface area (Å²) < 4.78 is 5.13. The van der Waals surface area contributed by atoms with Crippen molar-refractivity contribution in [3.8, 4) is 0 Å². The molecule has 4 heteroatoms. The van der Waals surface area contributed by atoms with E-state index < -0.39 is 0 Å². The molecule has 116 valence electrons. The zero-order valence-corrected chi connectivity index (χ0v) is 13.1. The van der Waals surface area contributed by atoms with E-state index in [1.54, 1.807) is 0 Å². The van der Waals surface area contributed by atoms with Gasteiger partial charge in [-0.25, -0.2) is 4.79 Å². The van der Waals surface area contributed by atoms with Crippen LogP contribution in [0.3, 0.4) is 0 Å². The first-order valence-corrected chi connectivity index (χ1v) is 8.04. The summed E-state index contributed by atoms with van der Waals surface area (Å²) in [4.78, 5) is 13.9. The molecule has 0 saturated heterocycles. The Morgan fingerprint density at radius 1 is 1.19 bits per heavy atom. The Morgan fingerprint density at radius 2 is 1.95 bits per heavy atom.